The highest BCUT2D eigenvalue weighted by Gasteiger charge is 2.23. The molecular formula is C19H20BrN3OS2. The molecule has 0 saturated heterocycles. The van der Waals surface area contributed by atoms with Crippen molar-refractivity contribution in [3.05, 3.63) is 52.5 Å². The summed E-state index contributed by atoms with van der Waals surface area (Å²) in [5.74, 6) is -0.0385. The predicted octanol–water partition coefficient (Wildman–Crippen LogP) is 4.99. The molecule has 3 rings (SSSR count). The Morgan fingerprint density at radius 3 is 2.65 bits per heavy atom. The number of halogens is 1. The van der Waals surface area contributed by atoms with Gasteiger partial charge in [-0.3, -0.25) is 9.69 Å². The summed E-state index contributed by atoms with van der Waals surface area (Å²) in [5.41, 5.74) is 1.58. The van der Waals surface area contributed by atoms with Gasteiger partial charge in [0.1, 0.15) is 0 Å². The number of fused-ring (bicyclic) bond motifs is 1. The van der Waals surface area contributed by atoms with Gasteiger partial charge in [-0.15, -0.1) is 11.8 Å². The normalized spacial score (nSPS) is 11.3. The van der Waals surface area contributed by atoms with Crippen LogP contribution in [0.15, 0.2) is 51.8 Å². The third kappa shape index (κ3) is 4.28. The van der Waals surface area contributed by atoms with Crippen LogP contribution in [0.4, 0.5) is 5.13 Å². The van der Waals surface area contributed by atoms with Gasteiger partial charge >= 0.3 is 0 Å². The fourth-order valence-electron chi connectivity index (χ4n) is 2.50. The van der Waals surface area contributed by atoms with E-state index in [1.807, 2.05) is 44.4 Å². The second kappa shape index (κ2) is 8.52. The molecule has 2 aromatic carbocycles. The lowest BCUT2D eigenvalue weighted by atomic mass is 10.2. The van der Waals surface area contributed by atoms with E-state index in [0.29, 0.717) is 12.1 Å². The lowest BCUT2D eigenvalue weighted by Crippen LogP contribution is -2.36. The molecule has 0 bridgehead atoms. The maximum atomic E-state index is 13.2. The minimum Gasteiger partial charge on any atom is -0.308 e. The minimum absolute atomic E-state index is 0.0385. The van der Waals surface area contributed by atoms with E-state index in [-0.39, 0.29) is 5.91 Å². The Labute approximate surface area is 170 Å². The summed E-state index contributed by atoms with van der Waals surface area (Å²) in [6, 6.07) is 13.7. The summed E-state index contributed by atoms with van der Waals surface area (Å²) in [5, 5.41) is 0.737. The topological polar surface area (TPSA) is 36.4 Å². The van der Waals surface area contributed by atoms with Gasteiger partial charge in [0.2, 0.25) is 0 Å². The number of aromatic nitrogens is 1. The zero-order chi connectivity index (χ0) is 18.7. The van der Waals surface area contributed by atoms with Gasteiger partial charge in [-0.2, -0.15) is 0 Å². The standard InChI is InChI=1S/C19H20BrN3OS2/c1-22(2)10-11-23(18(24)14-6-4-5-7-15(14)20)19-21-16-9-8-13(25-3)12-17(16)26-19/h4-9,12H,10-11H2,1-3H3. The molecule has 0 atom stereocenters. The SMILES string of the molecule is CSc1ccc2nc(N(CCN(C)C)C(=O)c3ccccc3Br)sc2c1. The number of thioether (sulfide) groups is 1. The van der Waals surface area contributed by atoms with Gasteiger partial charge in [-0.25, -0.2) is 4.98 Å². The van der Waals surface area contributed by atoms with Crippen LogP contribution in [0.25, 0.3) is 10.2 Å². The van der Waals surface area contributed by atoms with Crippen LogP contribution < -0.4 is 4.90 Å². The van der Waals surface area contributed by atoms with Crippen molar-refractivity contribution in [3.63, 3.8) is 0 Å². The molecule has 0 saturated carbocycles. The fourth-order valence-corrected chi connectivity index (χ4v) is 4.50. The number of rotatable bonds is 6. The Bertz CT molecular complexity index is 926. The van der Waals surface area contributed by atoms with Crippen molar-refractivity contribution < 1.29 is 4.79 Å². The van der Waals surface area contributed by atoms with Crippen LogP contribution in [-0.2, 0) is 0 Å². The Morgan fingerprint density at radius 2 is 1.96 bits per heavy atom. The highest BCUT2D eigenvalue weighted by atomic mass is 79.9. The van der Waals surface area contributed by atoms with Crippen molar-refractivity contribution in [3.8, 4) is 0 Å². The molecule has 7 heteroatoms. The van der Waals surface area contributed by atoms with E-state index in [2.05, 4.69) is 39.2 Å². The van der Waals surface area contributed by atoms with Crippen molar-refractivity contribution >= 4 is 60.3 Å². The van der Waals surface area contributed by atoms with E-state index in [9.17, 15) is 4.79 Å². The Hall–Kier alpha value is -1.41. The van der Waals surface area contributed by atoms with E-state index in [1.54, 1.807) is 28.0 Å². The largest absolute Gasteiger partial charge is 0.308 e. The van der Waals surface area contributed by atoms with Crippen LogP contribution in [0.5, 0.6) is 0 Å². The number of hydrogen-bond donors (Lipinski definition) is 0. The molecular weight excluding hydrogens is 430 g/mol. The molecule has 0 radical (unpaired) electrons. The Balaban J connectivity index is 2.00. The predicted molar refractivity (Wildman–Crippen MR) is 116 cm³/mol. The second-order valence-corrected chi connectivity index (χ2v) is 8.81. The first-order valence-corrected chi connectivity index (χ1v) is 11.0. The van der Waals surface area contributed by atoms with Crippen molar-refractivity contribution in [1.29, 1.82) is 0 Å². The molecule has 0 aliphatic rings. The Kier molecular flexibility index (Phi) is 6.34. The first-order chi connectivity index (χ1) is 12.5. The summed E-state index contributed by atoms with van der Waals surface area (Å²) in [7, 11) is 4.01. The lowest BCUT2D eigenvalue weighted by Gasteiger charge is -2.22. The highest BCUT2D eigenvalue weighted by Crippen LogP contribution is 2.32. The third-order valence-electron chi connectivity index (χ3n) is 3.94. The Morgan fingerprint density at radius 1 is 1.19 bits per heavy atom. The third-order valence-corrected chi connectivity index (χ3v) is 6.39. The average molecular weight is 450 g/mol. The second-order valence-electron chi connectivity index (χ2n) is 6.07. The van der Waals surface area contributed by atoms with Gasteiger partial charge in [-0.05, 0) is 66.6 Å². The monoisotopic (exact) mass is 449 g/mol. The van der Waals surface area contributed by atoms with E-state index < -0.39 is 0 Å². The fraction of sp³-hybridized carbons (Fsp3) is 0.263. The van der Waals surface area contributed by atoms with Gasteiger partial charge in [-0.1, -0.05) is 23.5 Å². The van der Waals surface area contributed by atoms with Gasteiger partial charge < -0.3 is 4.90 Å². The number of nitrogens with zero attached hydrogens (tertiary/aromatic N) is 3. The molecule has 4 nitrogen and oxygen atoms in total. The summed E-state index contributed by atoms with van der Waals surface area (Å²) in [4.78, 5) is 23.0. The molecule has 26 heavy (non-hydrogen) atoms. The molecule has 0 N–H and O–H groups in total. The molecule has 0 aliphatic carbocycles. The number of thiazole rings is 1. The van der Waals surface area contributed by atoms with Crippen molar-refractivity contribution in [2.45, 2.75) is 4.90 Å². The van der Waals surface area contributed by atoms with Crippen LogP contribution in [0, 0.1) is 0 Å². The quantitative estimate of drug-likeness (QED) is 0.496. The number of likely N-dealkylation sites (N-methyl/N-ethyl adjacent to an activating group) is 1. The molecule has 3 aromatic rings. The highest BCUT2D eigenvalue weighted by molar-refractivity contribution is 9.10. The van der Waals surface area contributed by atoms with E-state index in [1.165, 1.54) is 4.90 Å². The lowest BCUT2D eigenvalue weighted by molar-refractivity contribution is 0.0984. The van der Waals surface area contributed by atoms with Crippen molar-refractivity contribution in [2.24, 2.45) is 0 Å². The van der Waals surface area contributed by atoms with E-state index >= 15 is 0 Å². The maximum Gasteiger partial charge on any atom is 0.261 e. The van der Waals surface area contributed by atoms with Gasteiger partial charge in [0.05, 0.1) is 15.8 Å². The molecule has 1 amide bonds. The molecule has 0 fully saturated rings. The molecule has 0 spiro atoms. The number of benzene rings is 2. The van der Waals surface area contributed by atoms with Crippen LogP contribution in [0.3, 0.4) is 0 Å². The molecule has 1 aromatic heterocycles. The first-order valence-electron chi connectivity index (χ1n) is 8.15. The molecule has 1 heterocycles. The molecule has 0 aliphatic heterocycles. The minimum atomic E-state index is -0.0385. The van der Waals surface area contributed by atoms with Crippen LogP contribution in [0.2, 0.25) is 0 Å². The number of carbonyl (C=O) groups excluding carboxylic acids is 1. The smallest absolute Gasteiger partial charge is 0.261 e. The summed E-state index contributed by atoms with van der Waals surface area (Å²) in [6.07, 6.45) is 2.06. The van der Waals surface area contributed by atoms with Crippen molar-refractivity contribution in [2.75, 3.05) is 38.3 Å². The number of hydrogen-bond acceptors (Lipinski definition) is 5. The van der Waals surface area contributed by atoms with E-state index in [4.69, 9.17) is 4.98 Å². The van der Waals surface area contributed by atoms with Crippen molar-refractivity contribution in [1.82, 2.24) is 9.88 Å². The van der Waals surface area contributed by atoms with Crippen LogP contribution in [-0.4, -0.2) is 49.2 Å². The zero-order valence-electron chi connectivity index (χ0n) is 14.9. The average Bonchev–Trinajstić information content (AvgIpc) is 3.04. The summed E-state index contributed by atoms with van der Waals surface area (Å²) in [6.45, 7) is 1.35. The first kappa shape index (κ1) is 19.4. The zero-order valence-corrected chi connectivity index (χ0v) is 18.1. The summed E-state index contributed by atoms with van der Waals surface area (Å²) >= 11 is 6.76. The summed E-state index contributed by atoms with van der Waals surface area (Å²) < 4.78 is 1.90. The van der Waals surface area contributed by atoms with Crippen LogP contribution in [0.1, 0.15) is 10.4 Å². The van der Waals surface area contributed by atoms with Gasteiger partial charge in [0.15, 0.2) is 5.13 Å². The molecule has 0 unspecified atom stereocenters. The number of anilines is 1. The van der Waals surface area contributed by atoms with E-state index in [0.717, 1.165) is 26.4 Å². The number of carbonyl (C=O) groups is 1. The van der Waals surface area contributed by atoms with Crippen LogP contribution >= 0.6 is 39.0 Å². The molecule has 136 valence electrons. The van der Waals surface area contributed by atoms with Gasteiger partial charge in [0, 0.05) is 22.5 Å². The maximum absolute atomic E-state index is 13.2. The van der Waals surface area contributed by atoms with Gasteiger partial charge in [0.25, 0.3) is 5.91 Å². The number of amides is 1.